The Morgan fingerprint density at radius 3 is 2.73 bits per heavy atom. The molecule has 1 atom stereocenters. The summed E-state index contributed by atoms with van der Waals surface area (Å²) in [5, 5.41) is 10.0. The molecule has 0 aliphatic carbocycles. The van der Waals surface area contributed by atoms with Crippen molar-refractivity contribution >= 4 is 17.3 Å². The SMILES string of the molecule is C=CCN(C)c1ccc([C@H](C)O)cc1Cl. The highest BCUT2D eigenvalue weighted by Gasteiger charge is 2.07. The van der Waals surface area contributed by atoms with Crippen molar-refractivity contribution in [2.24, 2.45) is 0 Å². The summed E-state index contributed by atoms with van der Waals surface area (Å²) >= 11 is 6.12. The largest absolute Gasteiger partial charge is 0.389 e. The lowest BCUT2D eigenvalue weighted by atomic mass is 10.1. The molecule has 1 aromatic rings. The fraction of sp³-hybridized carbons (Fsp3) is 0.333. The topological polar surface area (TPSA) is 23.5 Å². The average molecular weight is 226 g/mol. The molecule has 2 nitrogen and oxygen atoms in total. The Morgan fingerprint density at radius 1 is 1.60 bits per heavy atom. The van der Waals surface area contributed by atoms with Gasteiger partial charge >= 0.3 is 0 Å². The van der Waals surface area contributed by atoms with Crippen LogP contribution in [0.4, 0.5) is 5.69 Å². The van der Waals surface area contributed by atoms with Crippen LogP contribution >= 0.6 is 11.6 Å². The number of likely N-dealkylation sites (N-methyl/N-ethyl adjacent to an activating group) is 1. The van der Waals surface area contributed by atoms with Crippen LogP contribution in [0.1, 0.15) is 18.6 Å². The Bertz CT molecular complexity index is 349. The van der Waals surface area contributed by atoms with Gasteiger partial charge in [0.25, 0.3) is 0 Å². The number of halogens is 1. The van der Waals surface area contributed by atoms with Crippen LogP contribution in [0.25, 0.3) is 0 Å². The summed E-state index contributed by atoms with van der Waals surface area (Å²) in [4.78, 5) is 2.00. The summed E-state index contributed by atoms with van der Waals surface area (Å²) in [6.07, 6.45) is 1.33. The Kier molecular flexibility index (Phi) is 4.18. The molecule has 0 spiro atoms. The van der Waals surface area contributed by atoms with Crippen molar-refractivity contribution in [1.29, 1.82) is 0 Å². The predicted molar refractivity (Wildman–Crippen MR) is 65.6 cm³/mol. The van der Waals surface area contributed by atoms with Crippen LogP contribution in [0.2, 0.25) is 5.02 Å². The zero-order valence-corrected chi connectivity index (χ0v) is 9.83. The number of nitrogens with zero attached hydrogens (tertiary/aromatic N) is 1. The van der Waals surface area contributed by atoms with Gasteiger partial charge in [-0.2, -0.15) is 0 Å². The minimum Gasteiger partial charge on any atom is -0.389 e. The van der Waals surface area contributed by atoms with Crippen molar-refractivity contribution in [2.75, 3.05) is 18.5 Å². The van der Waals surface area contributed by atoms with E-state index in [9.17, 15) is 5.11 Å². The van der Waals surface area contributed by atoms with Crippen molar-refractivity contribution in [3.05, 3.63) is 41.4 Å². The molecule has 0 aliphatic rings. The molecule has 1 rings (SSSR count). The van der Waals surface area contributed by atoms with Gasteiger partial charge in [0.05, 0.1) is 16.8 Å². The average Bonchev–Trinajstić information content (AvgIpc) is 2.17. The molecule has 0 unspecified atom stereocenters. The number of hydrogen-bond acceptors (Lipinski definition) is 2. The van der Waals surface area contributed by atoms with Gasteiger partial charge in [0, 0.05) is 13.6 Å². The second-order valence-corrected chi connectivity index (χ2v) is 3.96. The van der Waals surface area contributed by atoms with Crippen LogP contribution in [-0.4, -0.2) is 18.7 Å². The molecule has 15 heavy (non-hydrogen) atoms. The quantitative estimate of drug-likeness (QED) is 0.797. The van der Waals surface area contributed by atoms with E-state index in [1.807, 2.05) is 30.2 Å². The highest BCUT2D eigenvalue weighted by molar-refractivity contribution is 6.33. The first-order valence-electron chi connectivity index (χ1n) is 4.85. The minimum atomic E-state index is -0.485. The second-order valence-electron chi connectivity index (χ2n) is 3.56. The number of aliphatic hydroxyl groups excluding tert-OH is 1. The molecule has 0 bridgehead atoms. The summed E-state index contributed by atoms with van der Waals surface area (Å²) in [5.41, 5.74) is 1.77. The maximum atomic E-state index is 9.39. The maximum absolute atomic E-state index is 9.39. The fourth-order valence-corrected chi connectivity index (χ4v) is 1.72. The smallest absolute Gasteiger partial charge is 0.0762 e. The standard InChI is InChI=1S/C12H16ClNO/c1-4-7-14(3)12-6-5-10(9(2)15)8-11(12)13/h4-6,8-9,15H,1,7H2,2-3H3/t9-/m0/s1. The van der Waals surface area contributed by atoms with Crippen LogP contribution in [-0.2, 0) is 0 Å². The molecule has 0 saturated heterocycles. The Morgan fingerprint density at radius 2 is 2.27 bits per heavy atom. The van der Waals surface area contributed by atoms with Gasteiger partial charge in [-0.15, -0.1) is 6.58 Å². The zero-order chi connectivity index (χ0) is 11.4. The van der Waals surface area contributed by atoms with Crippen molar-refractivity contribution in [2.45, 2.75) is 13.0 Å². The molecule has 1 N–H and O–H groups in total. The Labute approximate surface area is 95.8 Å². The van der Waals surface area contributed by atoms with Crippen LogP contribution in [0, 0.1) is 0 Å². The first-order chi connectivity index (χ1) is 7.06. The number of hydrogen-bond donors (Lipinski definition) is 1. The van der Waals surface area contributed by atoms with Crippen LogP contribution in [0.15, 0.2) is 30.9 Å². The van der Waals surface area contributed by atoms with E-state index in [0.717, 1.165) is 17.8 Å². The second kappa shape index (κ2) is 5.19. The van der Waals surface area contributed by atoms with E-state index in [-0.39, 0.29) is 0 Å². The van der Waals surface area contributed by atoms with E-state index >= 15 is 0 Å². The number of benzene rings is 1. The van der Waals surface area contributed by atoms with E-state index in [2.05, 4.69) is 6.58 Å². The van der Waals surface area contributed by atoms with Crippen LogP contribution in [0.3, 0.4) is 0 Å². The predicted octanol–water partition coefficient (Wildman–Crippen LogP) is 3.02. The lowest BCUT2D eigenvalue weighted by Gasteiger charge is -2.19. The molecule has 0 fully saturated rings. The third kappa shape index (κ3) is 2.98. The number of anilines is 1. The molecule has 82 valence electrons. The molecule has 0 aromatic heterocycles. The van der Waals surface area contributed by atoms with Gasteiger partial charge in [0.15, 0.2) is 0 Å². The third-order valence-electron chi connectivity index (χ3n) is 2.27. The van der Waals surface area contributed by atoms with Crippen molar-refractivity contribution < 1.29 is 5.11 Å². The van der Waals surface area contributed by atoms with Crippen molar-refractivity contribution in [3.8, 4) is 0 Å². The van der Waals surface area contributed by atoms with Crippen LogP contribution in [0.5, 0.6) is 0 Å². The molecule has 0 radical (unpaired) electrons. The monoisotopic (exact) mass is 225 g/mol. The van der Waals surface area contributed by atoms with Crippen molar-refractivity contribution in [3.63, 3.8) is 0 Å². The van der Waals surface area contributed by atoms with Gasteiger partial charge in [-0.3, -0.25) is 0 Å². The number of rotatable bonds is 4. The fourth-order valence-electron chi connectivity index (χ4n) is 1.38. The first kappa shape index (κ1) is 12.1. The van der Waals surface area contributed by atoms with Gasteiger partial charge in [0.2, 0.25) is 0 Å². The molecule has 0 aliphatic heterocycles. The summed E-state index contributed by atoms with van der Waals surface area (Å²) in [6, 6.07) is 5.58. The van der Waals surface area contributed by atoms with E-state index in [0.29, 0.717) is 5.02 Å². The molecule has 0 amide bonds. The molecular formula is C12H16ClNO. The minimum absolute atomic E-state index is 0.485. The molecule has 3 heteroatoms. The van der Waals surface area contributed by atoms with Gasteiger partial charge in [-0.25, -0.2) is 0 Å². The van der Waals surface area contributed by atoms with E-state index in [1.165, 1.54) is 0 Å². The molecular weight excluding hydrogens is 210 g/mol. The maximum Gasteiger partial charge on any atom is 0.0762 e. The Hall–Kier alpha value is -0.990. The summed E-state index contributed by atoms with van der Waals surface area (Å²) in [6.45, 7) is 6.14. The van der Waals surface area contributed by atoms with E-state index < -0.39 is 6.10 Å². The summed E-state index contributed by atoms with van der Waals surface area (Å²) < 4.78 is 0. The number of aliphatic hydroxyl groups is 1. The van der Waals surface area contributed by atoms with Gasteiger partial charge in [-0.05, 0) is 24.6 Å². The first-order valence-corrected chi connectivity index (χ1v) is 5.23. The third-order valence-corrected chi connectivity index (χ3v) is 2.57. The summed E-state index contributed by atoms with van der Waals surface area (Å²) in [5.74, 6) is 0. The van der Waals surface area contributed by atoms with Gasteiger partial charge in [-0.1, -0.05) is 23.7 Å². The van der Waals surface area contributed by atoms with Crippen LogP contribution < -0.4 is 4.90 Å². The van der Waals surface area contributed by atoms with Gasteiger partial charge < -0.3 is 10.0 Å². The van der Waals surface area contributed by atoms with E-state index in [1.54, 1.807) is 13.0 Å². The lowest BCUT2D eigenvalue weighted by molar-refractivity contribution is 0.199. The lowest BCUT2D eigenvalue weighted by Crippen LogP contribution is -2.17. The highest BCUT2D eigenvalue weighted by atomic mass is 35.5. The Balaban J connectivity index is 2.97. The molecule has 0 heterocycles. The van der Waals surface area contributed by atoms with Crippen molar-refractivity contribution in [1.82, 2.24) is 0 Å². The normalized spacial score (nSPS) is 12.3. The highest BCUT2D eigenvalue weighted by Crippen LogP contribution is 2.28. The summed E-state index contributed by atoms with van der Waals surface area (Å²) in [7, 11) is 1.95. The molecule has 0 saturated carbocycles. The van der Waals surface area contributed by atoms with E-state index in [4.69, 9.17) is 11.6 Å². The van der Waals surface area contributed by atoms with Gasteiger partial charge in [0.1, 0.15) is 0 Å². The molecule has 1 aromatic carbocycles. The zero-order valence-electron chi connectivity index (χ0n) is 9.07.